The van der Waals surface area contributed by atoms with Crippen LogP contribution in [-0.2, 0) is 6.42 Å². The van der Waals surface area contributed by atoms with E-state index in [0.717, 1.165) is 36.2 Å². The van der Waals surface area contributed by atoms with E-state index in [1.165, 1.54) is 24.1 Å². The highest BCUT2D eigenvalue weighted by molar-refractivity contribution is 6.06. The van der Waals surface area contributed by atoms with Crippen molar-refractivity contribution in [3.05, 3.63) is 53.9 Å². The Hall–Kier alpha value is -3.06. The molecule has 0 aliphatic carbocycles. The maximum Gasteiger partial charge on any atom is 0.254 e. The van der Waals surface area contributed by atoms with Crippen LogP contribution >= 0.6 is 0 Å². The van der Waals surface area contributed by atoms with Crippen molar-refractivity contribution in [2.75, 3.05) is 36.9 Å². The molecule has 156 valence electrons. The molecule has 0 radical (unpaired) electrons. The molecule has 4 heterocycles. The number of carbonyl (C=O) groups is 1. The monoisotopic (exact) mass is 404 g/mol. The molecular weight excluding hydrogens is 376 g/mol. The van der Waals surface area contributed by atoms with Crippen LogP contribution in [0.25, 0.3) is 11.0 Å². The molecule has 2 aliphatic heterocycles. The molecule has 2 aromatic heterocycles. The maximum atomic E-state index is 12.7. The Kier molecular flexibility index (Phi) is 5.04. The third kappa shape index (κ3) is 3.61. The van der Waals surface area contributed by atoms with Gasteiger partial charge in [-0.1, -0.05) is 12.1 Å². The molecular formula is C23H28N6O. The van der Waals surface area contributed by atoms with Crippen molar-refractivity contribution in [1.82, 2.24) is 20.6 Å². The van der Waals surface area contributed by atoms with Crippen LogP contribution in [0.5, 0.6) is 0 Å². The smallest absolute Gasteiger partial charge is 0.254 e. The highest BCUT2D eigenvalue weighted by Gasteiger charge is 2.32. The van der Waals surface area contributed by atoms with Crippen LogP contribution < -0.4 is 20.9 Å². The fourth-order valence-corrected chi connectivity index (χ4v) is 4.75. The van der Waals surface area contributed by atoms with Gasteiger partial charge in [0, 0.05) is 62.2 Å². The van der Waals surface area contributed by atoms with Crippen molar-refractivity contribution < 1.29 is 4.79 Å². The molecule has 1 amide bonds. The summed E-state index contributed by atoms with van der Waals surface area (Å²) >= 11 is 0. The summed E-state index contributed by atoms with van der Waals surface area (Å²) in [5.41, 5.74) is 4.66. The fourth-order valence-electron chi connectivity index (χ4n) is 4.75. The predicted molar refractivity (Wildman–Crippen MR) is 120 cm³/mol. The first-order chi connectivity index (χ1) is 14.7. The topological polar surface area (TPSA) is 85.1 Å². The molecule has 5 rings (SSSR count). The zero-order chi connectivity index (χ0) is 20.5. The van der Waals surface area contributed by atoms with Crippen molar-refractivity contribution in [1.29, 1.82) is 0 Å². The molecule has 2 aliphatic rings. The molecule has 3 aromatic rings. The summed E-state index contributed by atoms with van der Waals surface area (Å²) in [5.74, 6) is -0.108. The molecule has 2 bridgehead atoms. The lowest BCUT2D eigenvalue weighted by molar-refractivity contribution is 0.0954. The Morgan fingerprint density at radius 1 is 1.17 bits per heavy atom. The third-order valence-corrected chi connectivity index (χ3v) is 6.30. The average Bonchev–Trinajstić information content (AvgIpc) is 3.39. The number of nitrogens with zero attached hydrogens (tertiary/aromatic N) is 2. The molecule has 30 heavy (non-hydrogen) atoms. The maximum absolute atomic E-state index is 12.7. The molecule has 2 atom stereocenters. The molecule has 7 nitrogen and oxygen atoms in total. The number of H-pyrrole nitrogens is 1. The van der Waals surface area contributed by atoms with Gasteiger partial charge in [-0.05, 0) is 43.0 Å². The number of rotatable bonds is 6. The SMILES string of the molecule is CNc1c(C(=O)NCCc2ccc(N3CC4CCC(C3)N4)cc2)cnc2[nH]ccc12. The van der Waals surface area contributed by atoms with Crippen molar-refractivity contribution in [3.63, 3.8) is 0 Å². The van der Waals surface area contributed by atoms with Gasteiger partial charge in [0.15, 0.2) is 0 Å². The molecule has 0 saturated carbocycles. The largest absolute Gasteiger partial charge is 0.387 e. The number of fused-ring (bicyclic) bond motifs is 3. The Bertz CT molecular complexity index is 1030. The van der Waals surface area contributed by atoms with Crippen molar-refractivity contribution in [2.24, 2.45) is 0 Å². The van der Waals surface area contributed by atoms with Crippen LogP contribution in [0.2, 0.25) is 0 Å². The summed E-state index contributed by atoms with van der Waals surface area (Å²) in [6, 6.07) is 12.0. The predicted octanol–water partition coefficient (Wildman–Crippen LogP) is 2.52. The van der Waals surface area contributed by atoms with E-state index in [1.807, 2.05) is 19.3 Å². The fraction of sp³-hybridized carbons (Fsp3) is 0.391. The highest BCUT2D eigenvalue weighted by atomic mass is 16.1. The Morgan fingerprint density at radius 2 is 1.93 bits per heavy atom. The minimum Gasteiger partial charge on any atom is -0.387 e. The van der Waals surface area contributed by atoms with Crippen LogP contribution in [-0.4, -0.2) is 54.6 Å². The summed E-state index contributed by atoms with van der Waals surface area (Å²) in [6.07, 6.45) is 6.83. The van der Waals surface area contributed by atoms with Gasteiger partial charge in [0.2, 0.25) is 0 Å². The number of nitrogens with one attached hydrogen (secondary N) is 4. The second kappa shape index (κ2) is 7.99. The summed E-state index contributed by atoms with van der Waals surface area (Å²) in [5, 5.41) is 10.8. The van der Waals surface area contributed by atoms with Crippen molar-refractivity contribution in [3.8, 4) is 0 Å². The zero-order valence-electron chi connectivity index (χ0n) is 17.2. The standard InChI is InChI=1S/C23H28N6O/c1-24-21-19-9-11-25-22(19)27-12-20(21)23(30)26-10-8-15-2-6-18(7-3-15)29-13-16-4-5-17(14-29)28-16/h2-3,6-7,9,11-12,16-17,28H,4-5,8,10,13-14H2,1H3,(H,26,30)(H2,24,25,27). The van der Waals surface area contributed by atoms with E-state index < -0.39 is 0 Å². The van der Waals surface area contributed by atoms with E-state index in [1.54, 1.807) is 6.20 Å². The normalized spacial score (nSPS) is 20.5. The van der Waals surface area contributed by atoms with Gasteiger partial charge in [0.25, 0.3) is 5.91 Å². The Morgan fingerprint density at radius 3 is 2.67 bits per heavy atom. The number of aromatic nitrogens is 2. The van der Waals surface area contributed by atoms with Gasteiger partial charge in [0.05, 0.1) is 11.3 Å². The second-order valence-corrected chi connectivity index (χ2v) is 8.25. The second-order valence-electron chi connectivity index (χ2n) is 8.25. The van der Waals surface area contributed by atoms with E-state index in [9.17, 15) is 4.79 Å². The van der Waals surface area contributed by atoms with Crippen LogP contribution in [0.15, 0.2) is 42.7 Å². The lowest BCUT2D eigenvalue weighted by atomic mass is 10.1. The minimum absolute atomic E-state index is 0.108. The minimum atomic E-state index is -0.108. The molecule has 7 heteroatoms. The number of hydrogen-bond donors (Lipinski definition) is 4. The van der Waals surface area contributed by atoms with Crippen molar-refractivity contribution in [2.45, 2.75) is 31.3 Å². The lowest BCUT2D eigenvalue weighted by Crippen LogP contribution is -2.51. The first-order valence-corrected chi connectivity index (χ1v) is 10.7. The van der Waals surface area contributed by atoms with E-state index in [-0.39, 0.29) is 5.91 Å². The Balaban J connectivity index is 1.18. The van der Waals surface area contributed by atoms with E-state index in [0.29, 0.717) is 24.2 Å². The lowest BCUT2D eigenvalue weighted by Gasteiger charge is -2.34. The quantitative estimate of drug-likeness (QED) is 0.507. The van der Waals surface area contributed by atoms with Crippen molar-refractivity contribution >= 4 is 28.3 Å². The van der Waals surface area contributed by atoms with Crippen LogP contribution in [0.3, 0.4) is 0 Å². The third-order valence-electron chi connectivity index (χ3n) is 6.30. The first kappa shape index (κ1) is 18.9. The summed E-state index contributed by atoms with van der Waals surface area (Å²) in [7, 11) is 1.82. The summed E-state index contributed by atoms with van der Waals surface area (Å²) in [4.78, 5) is 22.6. The molecule has 1 aromatic carbocycles. The number of hydrogen-bond acceptors (Lipinski definition) is 5. The molecule has 0 spiro atoms. The highest BCUT2D eigenvalue weighted by Crippen LogP contribution is 2.26. The summed E-state index contributed by atoms with van der Waals surface area (Å²) < 4.78 is 0. The van der Waals surface area contributed by atoms with Gasteiger partial charge in [0.1, 0.15) is 5.65 Å². The van der Waals surface area contributed by atoms with Gasteiger partial charge >= 0.3 is 0 Å². The number of anilines is 2. The zero-order valence-corrected chi connectivity index (χ0v) is 17.2. The van der Waals surface area contributed by atoms with Crippen LogP contribution in [0.1, 0.15) is 28.8 Å². The number of pyridine rings is 1. The van der Waals surface area contributed by atoms with Crippen LogP contribution in [0.4, 0.5) is 11.4 Å². The number of piperazine rings is 1. The number of benzene rings is 1. The number of carbonyl (C=O) groups excluding carboxylic acids is 1. The van der Waals surface area contributed by atoms with Gasteiger partial charge < -0.3 is 25.8 Å². The first-order valence-electron chi connectivity index (χ1n) is 10.7. The van der Waals surface area contributed by atoms with Gasteiger partial charge in [-0.2, -0.15) is 0 Å². The summed E-state index contributed by atoms with van der Waals surface area (Å²) in [6.45, 7) is 2.78. The van der Waals surface area contributed by atoms with E-state index in [4.69, 9.17) is 0 Å². The number of amides is 1. The van der Waals surface area contributed by atoms with Gasteiger partial charge in [-0.25, -0.2) is 4.98 Å². The number of aromatic amines is 1. The van der Waals surface area contributed by atoms with Crippen LogP contribution in [0, 0.1) is 0 Å². The Labute approximate surface area is 176 Å². The van der Waals surface area contributed by atoms with Gasteiger partial charge in [-0.3, -0.25) is 4.79 Å². The van der Waals surface area contributed by atoms with Gasteiger partial charge in [-0.15, -0.1) is 0 Å². The molecule has 4 N–H and O–H groups in total. The molecule has 2 fully saturated rings. The average molecular weight is 405 g/mol. The molecule has 2 unspecified atom stereocenters. The van der Waals surface area contributed by atoms with E-state index in [2.05, 4.69) is 55.1 Å². The molecule has 2 saturated heterocycles. The van der Waals surface area contributed by atoms with E-state index >= 15 is 0 Å².